The maximum absolute atomic E-state index is 12.7. The lowest BCUT2D eigenvalue weighted by Crippen LogP contribution is -2.52. The molecule has 0 bridgehead atoms. The number of rotatable bonds is 4. The van der Waals surface area contributed by atoms with Crippen LogP contribution in [0.5, 0.6) is 0 Å². The lowest BCUT2D eigenvalue weighted by molar-refractivity contribution is 0.00639. The Bertz CT molecular complexity index is 508. The highest BCUT2D eigenvalue weighted by atomic mass is 32.1. The fourth-order valence-corrected chi connectivity index (χ4v) is 4.37. The molecule has 0 aliphatic carbocycles. The first-order valence-electron chi connectivity index (χ1n) is 8.34. The monoisotopic (exact) mass is 338 g/mol. The highest BCUT2D eigenvalue weighted by Crippen LogP contribution is 2.33. The smallest absolute Gasteiger partial charge is 0.263 e. The van der Waals surface area contributed by atoms with Crippen molar-refractivity contribution in [1.29, 1.82) is 0 Å². The number of amides is 1. The Balaban J connectivity index is 1.68. The molecule has 5 nitrogen and oxygen atoms in total. The van der Waals surface area contributed by atoms with Crippen LogP contribution >= 0.6 is 11.3 Å². The molecule has 1 aromatic heterocycles. The molecule has 1 aromatic rings. The van der Waals surface area contributed by atoms with Crippen molar-refractivity contribution < 1.29 is 14.3 Å². The number of carbonyl (C=O) groups excluding carboxylic acids is 1. The minimum absolute atomic E-state index is 0.0649. The molecule has 0 saturated carbocycles. The number of hydrogen-bond acceptors (Lipinski definition) is 5. The molecule has 1 atom stereocenters. The molecule has 2 saturated heterocycles. The van der Waals surface area contributed by atoms with E-state index in [9.17, 15) is 4.79 Å². The zero-order valence-corrected chi connectivity index (χ0v) is 14.6. The quantitative estimate of drug-likeness (QED) is 0.841. The van der Waals surface area contributed by atoms with E-state index in [0.717, 1.165) is 70.3 Å². The van der Waals surface area contributed by atoms with E-state index >= 15 is 0 Å². The Morgan fingerprint density at radius 1 is 1.43 bits per heavy atom. The van der Waals surface area contributed by atoms with Gasteiger partial charge in [-0.3, -0.25) is 9.69 Å². The second-order valence-electron chi connectivity index (χ2n) is 6.63. The summed E-state index contributed by atoms with van der Waals surface area (Å²) in [5.41, 5.74) is 0.0649. The van der Waals surface area contributed by atoms with E-state index in [2.05, 4.69) is 4.90 Å². The first-order chi connectivity index (χ1) is 11.2. The van der Waals surface area contributed by atoms with Gasteiger partial charge in [0, 0.05) is 45.2 Å². The van der Waals surface area contributed by atoms with Gasteiger partial charge in [0.05, 0.1) is 24.7 Å². The fourth-order valence-electron chi connectivity index (χ4n) is 3.68. The summed E-state index contributed by atoms with van der Waals surface area (Å²) in [6, 6.07) is 3.86. The number of likely N-dealkylation sites (tertiary alicyclic amines) is 1. The summed E-state index contributed by atoms with van der Waals surface area (Å²) < 4.78 is 11.1. The minimum Gasteiger partial charge on any atom is -0.383 e. The summed E-state index contributed by atoms with van der Waals surface area (Å²) in [5.74, 6) is 0.173. The topological polar surface area (TPSA) is 42.0 Å². The molecule has 1 spiro atoms. The summed E-state index contributed by atoms with van der Waals surface area (Å²) in [6.07, 6.45) is 2.18. The van der Waals surface area contributed by atoms with Gasteiger partial charge in [-0.25, -0.2) is 0 Å². The van der Waals surface area contributed by atoms with Gasteiger partial charge in [-0.1, -0.05) is 6.07 Å². The van der Waals surface area contributed by atoms with Gasteiger partial charge in [0.2, 0.25) is 0 Å². The summed E-state index contributed by atoms with van der Waals surface area (Å²) in [7, 11) is 1.74. The van der Waals surface area contributed by atoms with Gasteiger partial charge in [-0.05, 0) is 24.3 Å². The van der Waals surface area contributed by atoms with Gasteiger partial charge in [0.1, 0.15) is 0 Å². The molecule has 3 rings (SSSR count). The Kier molecular flexibility index (Phi) is 5.69. The molecule has 0 aromatic carbocycles. The van der Waals surface area contributed by atoms with Crippen molar-refractivity contribution in [2.45, 2.75) is 12.8 Å². The molecule has 128 valence electrons. The molecule has 1 amide bonds. The minimum atomic E-state index is 0.0649. The van der Waals surface area contributed by atoms with Crippen LogP contribution in [0.15, 0.2) is 17.5 Å². The predicted octanol–water partition coefficient (Wildman–Crippen LogP) is 1.95. The van der Waals surface area contributed by atoms with E-state index in [1.165, 1.54) is 11.3 Å². The summed E-state index contributed by atoms with van der Waals surface area (Å²) in [6.45, 7) is 6.79. The Morgan fingerprint density at radius 3 is 3.13 bits per heavy atom. The molecule has 6 heteroatoms. The van der Waals surface area contributed by atoms with E-state index in [1.807, 2.05) is 22.4 Å². The first-order valence-corrected chi connectivity index (χ1v) is 9.22. The van der Waals surface area contributed by atoms with Crippen molar-refractivity contribution in [3.05, 3.63) is 22.4 Å². The number of ether oxygens (including phenoxy) is 2. The normalized spacial score (nSPS) is 26.4. The largest absolute Gasteiger partial charge is 0.383 e. The second kappa shape index (κ2) is 7.75. The standard InChI is InChI=1S/C17H26N2O3S/c1-21-9-7-18-8-10-22-14-17(12-18)5-3-6-19(13-17)16(20)15-4-2-11-23-15/h2,4,11H,3,5-10,12-14H2,1H3/t17-/m1/s1. The van der Waals surface area contributed by atoms with Gasteiger partial charge in [0.25, 0.3) is 5.91 Å². The van der Waals surface area contributed by atoms with Crippen molar-refractivity contribution >= 4 is 17.2 Å². The van der Waals surface area contributed by atoms with E-state index in [-0.39, 0.29) is 11.3 Å². The molecular weight excluding hydrogens is 312 g/mol. The SMILES string of the molecule is COCCN1CCOC[C@]2(CCCN(C(=O)c3cccs3)C2)C1. The molecule has 2 aliphatic heterocycles. The molecule has 2 aliphatic rings. The highest BCUT2D eigenvalue weighted by molar-refractivity contribution is 7.12. The van der Waals surface area contributed by atoms with Crippen LogP contribution in [0.2, 0.25) is 0 Å². The van der Waals surface area contributed by atoms with Crippen LogP contribution < -0.4 is 0 Å². The third-order valence-electron chi connectivity index (χ3n) is 4.81. The molecule has 0 N–H and O–H groups in total. The van der Waals surface area contributed by atoms with E-state index in [4.69, 9.17) is 9.47 Å². The predicted molar refractivity (Wildman–Crippen MR) is 91.0 cm³/mol. The molecule has 0 unspecified atom stereocenters. The summed E-state index contributed by atoms with van der Waals surface area (Å²) >= 11 is 1.53. The third kappa shape index (κ3) is 4.12. The lowest BCUT2D eigenvalue weighted by Gasteiger charge is -2.43. The highest BCUT2D eigenvalue weighted by Gasteiger charge is 2.40. The zero-order chi connectivity index (χ0) is 16.1. The average Bonchev–Trinajstić information content (AvgIpc) is 3.03. The Hall–Kier alpha value is -0.950. The van der Waals surface area contributed by atoms with Gasteiger partial charge in [0.15, 0.2) is 0 Å². The van der Waals surface area contributed by atoms with Crippen molar-refractivity contribution in [2.75, 3.05) is 59.7 Å². The Labute approximate surface area is 142 Å². The lowest BCUT2D eigenvalue weighted by atomic mass is 9.80. The summed E-state index contributed by atoms with van der Waals surface area (Å²) in [5, 5.41) is 1.97. The van der Waals surface area contributed by atoms with E-state index in [1.54, 1.807) is 7.11 Å². The third-order valence-corrected chi connectivity index (χ3v) is 5.67. The maximum atomic E-state index is 12.7. The van der Waals surface area contributed by atoms with Gasteiger partial charge >= 0.3 is 0 Å². The van der Waals surface area contributed by atoms with Crippen LogP contribution in [-0.4, -0.2) is 75.4 Å². The van der Waals surface area contributed by atoms with Gasteiger partial charge < -0.3 is 14.4 Å². The van der Waals surface area contributed by atoms with Gasteiger partial charge in [-0.2, -0.15) is 0 Å². The number of hydrogen-bond donors (Lipinski definition) is 0. The van der Waals surface area contributed by atoms with E-state index in [0.29, 0.717) is 0 Å². The fraction of sp³-hybridized carbons (Fsp3) is 0.706. The Morgan fingerprint density at radius 2 is 2.35 bits per heavy atom. The van der Waals surface area contributed by atoms with Crippen LogP contribution in [-0.2, 0) is 9.47 Å². The van der Waals surface area contributed by atoms with Crippen molar-refractivity contribution in [3.63, 3.8) is 0 Å². The van der Waals surface area contributed by atoms with Crippen LogP contribution in [0.3, 0.4) is 0 Å². The van der Waals surface area contributed by atoms with Crippen LogP contribution in [0.25, 0.3) is 0 Å². The summed E-state index contributed by atoms with van der Waals surface area (Å²) in [4.78, 5) is 18.0. The van der Waals surface area contributed by atoms with Crippen molar-refractivity contribution in [1.82, 2.24) is 9.80 Å². The molecule has 0 radical (unpaired) electrons. The van der Waals surface area contributed by atoms with Crippen LogP contribution in [0.1, 0.15) is 22.5 Å². The first kappa shape index (κ1) is 16.9. The zero-order valence-electron chi connectivity index (χ0n) is 13.8. The van der Waals surface area contributed by atoms with Crippen LogP contribution in [0, 0.1) is 5.41 Å². The van der Waals surface area contributed by atoms with Crippen molar-refractivity contribution in [3.8, 4) is 0 Å². The molecular formula is C17H26N2O3S. The molecule has 23 heavy (non-hydrogen) atoms. The number of nitrogens with zero attached hydrogens (tertiary/aromatic N) is 2. The number of carbonyl (C=O) groups is 1. The van der Waals surface area contributed by atoms with Crippen molar-refractivity contribution in [2.24, 2.45) is 5.41 Å². The number of methoxy groups -OCH3 is 1. The maximum Gasteiger partial charge on any atom is 0.263 e. The van der Waals surface area contributed by atoms with E-state index < -0.39 is 0 Å². The van der Waals surface area contributed by atoms with Gasteiger partial charge in [-0.15, -0.1) is 11.3 Å². The molecule has 3 heterocycles. The average molecular weight is 338 g/mol. The number of thiophene rings is 1. The number of piperidine rings is 1. The van der Waals surface area contributed by atoms with Crippen LogP contribution in [0.4, 0.5) is 0 Å². The second-order valence-corrected chi connectivity index (χ2v) is 7.58. The molecule has 2 fully saturated rings.